The Hall–Kier alpha value is -4.81. The summed E-state index contributed by atoms with van der Waals surface area (Å²) in [4.78, 5) is 44.0. The fourth-order valence-corrected chi connectivity index (χ4v) is 6.10. The number of carbonyl (C=O) groups excluding carboxylic acids is 1. The van der Waals surface area contributed by atoms with Gasteiger partial charge in [0.1, 0.15) is 40.7 Å². The molecule has 234 valence electrons. The highest BCUT2D eigenvalue weighted by molar-refractivity contribution is 5.97. The Labute approximate surface area is 257 Å². The van der Waals surface area contributed by atoms with Crippen LogP contribution >= 0.6 is 0 Å². The molecule has 1 aliphatic carbocycles. The van der Waals surface area contributed by atoms with E-state index in [9.17, 15) is 14.7 Å². The third kappa shape index (κ3) is 4.90. The molecule has 4 aromatic rings. The largest absolute Gasteiger partial charge is 0.507 e. The molecule has 1 N–H and O–H groups in total. The van der Waals surface area contributed by atoms with Gasteiger partial charge in [0.05, 0.1) is 23.0 Å². The zero-order valence-electron chi connectivity index (χ0n) is 25.3. The molecule has 1 amide bonds. The lowest BCUT2D eigenvalue weighted by molar-refractivity contribution is 0.0201. The first-order valence-electron chi connectivity index (χ1n) is 14.9. The molecule has 1 aromatic carbocycles. The lowest BCUT2D eigenvalue weighted by Gasteiger charge is -2.41. The number of benzene rings is 1. The van der Waals surface area contributed by atoms with Crippen LogP contribution < -0.4 is 15.3 Å². The molecule has 3 aliphatic rings. The van der Waals surface area contributed by atoms with Gasteiger partial charge in [-0.05, 0) is 64.3 Å². The quantitative estimate of drug-likeness (QED) is 0.344. The first kappa shape index (κ1) is 28.9. The maximum atomic E-state index is 16.5. The van der Waals surface area contributed by atoms with Crippen molar-refractivity contribution in [2.75, 3.05) is 31.1 Å². The van der Waals surface area contributed by atoms with Gasteiger partial charge in [0.25, 0.3) is 0 Å². The average molecular weight is 619 g/mol. The first-order chi connectivity index (χ1) is 21.4. The number of hydrogen-bond acceptors (Lipinski definition) is 9. The van der Waals surface area contributed by atoms with Crippen molar-refractivity contribution in [2.45, 2.75) is 58.1 Å². The van der Waals surface area contributed by atoms with Crippen molar-refractivity contribution >= 4 is 22.9 Å². The van der Waals surface area contributed by atoms with E-state index in [2.05, 4.69) is 15.0 Å². The number of anilines is 1. The van der Waals surface area contributed by atoms with Gasteiger partial charge < -0.3 is 24.4 Å². The fraction of sp³-hybridized carbons (Fsp3) is 0.406. The molecule has 2 fully saturated rings. The van der Waals surface area contributed by atoms with Crippen LogP contribution in [0.4, 0.5) is 19.4 Å². The van der Waals surface area contributed by atoms with Crippen molar-refractivity contribution in [3.8, 4) is 28.4 Å². The Morgan fingerprint density at radius 3 is 2.62 bits per heavy atom. The van der Waals surface area contributed by atoms with Gasteiger partial charge in [0.15, 0.2) is 17.2 Å². The van der Waals surface area contributed by atoms with Crippen LogP contribution in [0.2, 0.25) is 0 Å². The summed E-state index contributed by atoms with van der Waals surface area (Å²) >= 11 is 0. The van der Waals surface area contributed by atoms with Crippen LogP contribution in [0, 0.1) is 18.6 Å². The fourth-order valence-electron chi connectivity index (χ4n) is 6.10. The molecule has 13 heteroatoms. The highest BCUT2D eigenvalue weighted by atomic mass is 19.1. The van der Waals surface area contributed by atoms with Crippen LogP contribution in [0.1, 0.15) is 50.8 Å². The topological polar surface area (TPSA) is 123 Å². The number of fused-ring (bicyclic) bond motifs is 2. The Balaban J connectivity index is 1.47. The molecule has 0 bridgehead atoms. The second kappa shape index (κ2) is 10.4. The predicted octanol–water partition coefficient (Wildman–Crippen LogP) is 4.83. The van der Waals surface area contributed by atoms with Crippen LogP contribution in [-0.4, -0.2) is 73.5 Å². The lowest BCUT2D eigenvalue weighted by Crippen LogP contribution is -2.57. The molecule has 45 heavy (non-hydrogen) atoms. The van der Waals surface area contributed by atoms with E-state index in [-0.39, 0.29) is 54.8 Å². The van der Waals surface area contributed by atoms with Crippen molar-refractivity contribution in [1.82, 2.24) is 24.4 Å². The standard InChI is InChI=1S/C32H32F2N6O5/c1-16-10-11-35-24(17-8-9-17)26(16)40-29-22-27(23(34)25(36-29)21-19(33)6-5-7-20(21)41)44-15-18-14-38(31(43)45-32(2,3)4)12-13-39(18)28(22)37-30(40)42/h5-7,10-11,17-18,41H,8-9,12-15H2,1-4H3/t18-/m1/s1. The predicted molar refractivity (Wildman–Crippen MR) is 161 cm³/mol. The van der Waals surface area contributed by atoms with Gasteiger partial charge in [0.2, 0.25) is 0 Å². The van der Waals surface area contributed by atoms with E-state index < -0.39 is 52.1 Å². The molecule has 1 atom stereocenters. The van der Waals surface area contributed by atoms with E-state index in [4.69, 9.17) is 9.47 Å². The summed E-state index contributed by atoms with van der Waals surface area (Å²) in [5, 5.41) is 10.8. The Morgan fingerprint density at radius 2 is 1.91 bits per heavy atom. The maximum Gasteiger partial charge on any atom is 0.410 e. The molecule has 0 radical (unpaired) electrons. The SMILES string of the molecule is Cc1ccnc(C2CC2)c1-n1c(=O)nc2c3c(c(F)c(-c4c(O)cccc4F)nc31)OC[C@H]1CN(C(=O)OC(C)(C)C)CCN21. The molecule has 1 saturated heterocycles. The van der Waals surface area contributed by atoms with Gasteiger partial charge in [0, 0.05) is 31.7 Å². The Bertz CT molecular complexity index is 1920. The van der Waals surface area contributed by atoms with Crippen molar-refractivity contribution in [2.24, 2.45) is 0 Å². The number of pyridine rings is 2. The summed E-state index contributed by atoms with van der Waals surface area (Å²) < 4.78 is 44.7. The second-order valence-corrected chi connectivity index (χ2v) is 12.7. The van der Waals surface area contributed by atoms with Crippen molar-refractivity contribution in [1.29, 1.82) is 0 Å². The first-order valence-corrected chi connectivity index (χ1v) is 14.9. The number of phenolic OH excluding ortho intramolecular Hbond substituents is 1. The van der Waals surface area contributed by atoms with Crippen molar-refractivity contribution < 1.29 is 28.2 Å². The van der Waals surface area contributed by atoms with E-state index in [0.717, 1.165) is 24.5 Å². The minimum atomic E-state index is -1.01. The summed E-state index contributed by atoms with van der Waals surface area (Å²) in [5.41, 5.74) is -0.459. The van der Waals surface area contributed by atoms with E-state index in [1.165, 1.54) is 16.7 Å². The lowest BCUT2D eigenvalue weighted by atomic mass is 10.1. The Morgan fingerprint density at radius 1 is 1.13 bits per heavy atom. The van der Waals surface area contributed by atoms with Crippen LogP contribution in [0.15, 0.2) is 35.3 Å². The van der Waals surface area contributed by atoms with Crippen LogP contribution in [0.25, 0.3) is 28.0 Å². The molecule has 7 rings (SSSR count). The average Bonchev–Trinajstić information content (AvgIpc) is 3.83. The number of carbonyl (C=O) groups is 1. The van der Waals surface area contributed by atoms with Gasteiger partial charge in [-0.25, -0.2) is 27.9 Å². The smallest absolute Gasteiger partial charge is 0.410 e. The van der Waals surface area contributed by atoms with Crippen molar-refractivity contribution in [3.05, 3.63) is 63.8 Å². The maximum absolute atomic E-state index is 16.5. The molecule has 11 nitrogen and oxygen atoms in total. The minimum absolute atomic E-state index is 0.00715. The number of aromatic nitrogens is 4. The van der Waals surface area contributed by atoms with Gasteiger partial charge in [-0.15, -0.1) is 0 Å². The number of phenols is 1. The Kier molecular flexibility index (Phi) is 6.68. The second-order valence-electron chi connectivity index (χ2n) is 12.7. The molecule has 5 heterocycles. The van der Waals surface area contributed by atoms with E-state index >= 15 is 8.78 Å². The zero-order valence-corrected chi connectivity index (χ0v) is 25.3. The molecule has 0 spiro atoms. The third-order valence-corrected chi connectivity index (χ3v) is 8.30. The van der Waals surface area contributed by atoms with Crippen LogP contribution in [0.5, 0.6) is 11.5 Å². The number of amides is 1. The monoisotopic (exact) mass is 618 g/mol. The number of aromatic hydroxyl groups is 1. The number of rotatable bonds is 3. The summed E-state index contributed by atoms with van der Waals surface area (Å²) in [6.07, 6.45) is 2.98. The van der Waals surface area contributed by atoms with Gasteiger partial charge in [-0.2, -0.15) is 4.98 Å². The molecule has 0 unspecified atom stereocenters. The number of halogens is 2. The molecule has 1 saturated carbocycles. The van der Waals surface area contributed by atoms with Gasteiger partial charge in [-0.1, -0.05) is 6.07 Å². The van der Waals surface area contributed by atoms with Gasteiger partial charge in [-0.3, -0.25) is 4.98 Å². The summed E-state index contributed by atoms with van der Waals surface area (Å²) in [7, 11) is 0. The summed E-state index contributed by atoms with van der Waals surface area (Å²) in [5.74, 6) is -2.42. The van der Waals surface area contributed by atoms with Crippen LogP contribution in [-0.2, 0) is 4.74 Å². The normalized spacial score (nSPS) is 18.0. The molecular weight excluding hydrogens is 586 g/mol. The molecular formula is C32H32F2N6O5. The highest BCUT2D eigenvalue weighted by Gasteiger charge is 2.40. The summed E-state index contributed by atoms with van der Waals surface area (Å²) in [6, 6.07) is 4.87. The van der Waals surface area contributed by atoms with E-state index in [1.807, 2.05) is 11.8 Å². The van der Waals surface area contributed by atoms with E-state index in [0.29, 0.717) is 11.4 Å². The highest BCUT2D eigenvalue weighted by Crippen LogP contribution is 2.46. The number of aryl methyl sites for hydroxylation is 1. The molecule has 3 aromatic heterocycles. The van der Waals surface area contributed by atoms with Gasteiger partial charge >= 0.3 is 11.8 Å². The number of ether oxygens (including phenoxy) is 2. The van der Waals surface area contributed by atoms with Crippen molar-refractivity contribution in [3.63, 3.8) is 0 Å². The number of hydrogen-bond donors (Lipinski definition) is 1. The van der Waals surface area contributed by atoms with E-state index in [1.54, 1.807) is 37.9 Å². The van der Waals surface area contributed by atoms with Crippen LogP contribution in [0.3, 0.4) is 0 Å². The summed E-state index contributed by atoms with van der Waals surface area (Å²) in [6.45, 7) is 7.78. The molecule has 2 aliphatic heterocycles. The minimum Gasteiger partial charge on any atom is -0.507 e. The number of piperazine rings is 1. The zero-order chi connectivity index (χ0) is 31.8. The number of nitrogens with zero attached hydrogens (tertiary/aromatic N) is 6. The third-order valence-electron chi connectivity index (χ3n) is 8.30.